The molecule has 0 aliphatic carbocycles. The second-order valence-corrected chi connectivity index (χ2v) is 7.66. The number of carboxylic acid groups (broad SMARTS) is 2. The first-order valence-electron chi connectivity index (χ1n) is 7.71. The maximum atomic E-state index is 12.2. The van der Waals surface area contributed by atoms with Gasteiger partial charge >= 0.3 is 11.9 Å². The first-order valence-corrected chi connectivity index (χ1v) is 8.59. The Morgan fingerprint density at radius 1 is 1.36 bits per heavy atom. The SMILES string of the molecule is CCC1(C(=O)O)CC(C)(C(=O)O)SC1NC(=O)COc1ccccn1. The number of amides is 1. The van der Waals surface area contributed by atoms with Gasteiger partial charge in [-0.2, -0.15) is 0 Å². The summed E-state index contributed by atoms with van der Waals surface area (Å²) in [5, 5.41) is 20.8. The van der Waals surface area contributed by atoms with Crippen LogP contribution in [0.25, 0.3) is 0 Å². The second kappa shape index (κ2) is 7.30. The molecule has 8 nitrogen and oxygen atoms in total. The van der Waals surface area contributed by atoms with Crippen molar-refractivity contribution in [2.75, 3.05) is 6.61 Å². The van der Waals surface area contributed by atoms with E-state index < -0.39 is 33.4 Å². The number of rotatable bonds is 7. The van der Waals surface area contributed by atoms with Gasteiger partial charge < -0.3 is 20.3 Å². The number of hydrogen-bond acceptors (Lipinski definition) is 6. The van der Waals surface area contributed by atoms with Crippen LogP contribution in [0.1, 0.15) is 26.7 Å². The maximum absolute atomic E-state index is 12.2. The van der Waals surface area contributed by atoms with Gasteiger partial charge in [0.1, 0.15) is 4.75 Å². The van der Waals surface area contributed by atoms with Crippen LogP contribution in [0.4, 0.5) is 0 Å². The van der Waals surface area contributed by atoms with Crippen molar-refractivity contribution in [2.24, 2.45) is 5.41 Å². The monoisotopic (exact) mass is 368 g/mol. The number of thioether (sulfide) groups is 1. The average Bonchev–Trinajstić information content (AvgIpc) is 2.88. The molecule has 1 aromatic heterocycles. The van der Waals surface area contributed by atoms with Gasteiger partial charge in [0.2, 0.25) is 5.88 Å². The van der Waals surface area contributed by atoms with E-state index in [1.165, 1.54) is 13.1 Å². The third-order valence-corrected chi connectivity index (χ3v) is 5.97. The minimum atomic E-state index is -1.35. The number of aromatic nitrogens is 1. The summed E-state index contributed by atoms with van der Waals surface area (Å²) in [6.07, 6.45) is 1.65. The highest BCUT2D eigenvalue weighted by molar-refractivity contribution is 8.02. The summed E-state index contributed by atoms with van der Waals surface area (Å²) in [5.41, 5.74) is -1.35. The first kappa shape index (κ1) is 19.0. The molecule has 1 saturated heterocycles. The molecule has 1 aliphatic heterocycles. The van der Waals surface area contributed by atoms with Crippen LogP contribution in [0.2, 0.25) is 0 Å². The fourth-order valence-electron chi connectivity index (χ4n) is 2.81. The van der Waals surface area contributed by atoms with Crippen molar-refractivity contribution in [3.63, 3.8) is 0 Å². The predicted octanol–water partition coefficient (Wildman–Crippen LogP) is 1.36. The summed E-state index contributed by atoms with van der Waals surface area (Å²) in [5.74, 6) is -2.48. The number of carbonyl (C=O) groups excluding carboxylic acids is 1. The van der Waals surface area contributed by atoms with Gasteiger partial charge in [0, 0.05) is 12.3 Å². The topological polar surface area (TPSA) is 126 Å². The van der Waals surface area contributed by atoms with E-state index in [9.17, 15) is 24.6 Å². The number of ether oxygens (including phenoxy) is 1. The molecule has 0 saturated carbocycles. The highest BCUT2D eigenvalue weighted by atomic mass is 32.2. The van der Waals surface area contributed by atoms with E-state index in [2.05, 4.69) is 10.3 Å². The van der Waals surface area contributed by atoms with E-state index in [4.69, 9.17) is 4.74 Å². The van der Waals surface area contributed by atoms with Crippen molar-refractivity contribution >= 4 is 29.6 Å². The van der Waals surface area contributed by atoms with Gasteiger partial charge in [0.25, 0.3) is 5.91 Å². The number of pyridine rings is 1. The summed E-state index contributed by atoms with van der Waals surface area (Å²) in [4.78, 5) is 39.5. The Hall–Kier alpha value is -2.29. The quantitative estimate of drug-likeness (QED) is 0.659. The van der Waals surface area contributed by atoms with Crippen molar-refractivity contribution in [3.05, 3.63) is 24.4 Å². The van der Waals surface area contributed by atoms with Crippen LogP contribution in [0, 0.1) is 5.41 Å². The molecule has 136 valence electrons. The van der Waals surface area contributed by atoms with Crippen LogP contribution in [0.15, 0.2) is 24.4 Å². The van der Waals surface area contributed by atoms with Gasteiger partial charge in [-0.05, 0) is 25.8 Å². The Labute approximate surface area is 149 Å². The standard InChI is InChI=1S/C16H20N2O6S/c1-3-16(14(22)23)9-15(2,13(20)21)25-12(16)18-10(19)8-24-11-6-4-5-7-17-11/h4-7,12H,3,8-9H2,1-2H3,(H,18,19)(H,20,21)(H,22,23). The van der Waals surface area contributed by atoms with Crippen molar-refractivity contribution in [2.45, 2.75) is 36.8 Å². The minimum Gasteiger partial charge on any atom is -0.481 e. The zero-order valence-electron chi connectivity index (χ0n) is 13.9. The molecular formula is C16H20N2O6S. The number of carbonyl (C=O) groups is 3. The molecule has 1 aliphatic rings. The molecule has 3 atom stereocenters. The summed E-state index contributed by atoms with van der Waals surface area (Å²) in [7, 11) is 0. The van der Waals surface area contributed by atoms with Crippen molar-refractivity contribution in [1.82, 2.24) is 10.3 Å². The molecule has 3 unspecified atom stereocenters. The number of carboxylic acids is 2. The van der Waals surface area contributed by atoms with Gasteiger partial charge in [-0.25, -0.2) is 4.98 Å². The van der Waals surface area contributed by atoms with Crippen LogP contribution < -0.4 is 10.1 Å². The zero-order valence-corrected chi connectivity index (χ0v) is 14.7. The van der Waals surface area contributed by atoms with E-state index >= 15 is 0 Å². The van der Waals surface area contributed by atoms with E-state index in [-0.39, 0.29) is 25.3 Å². The smallest absolute Gasteiger partial charge is 0.319 e. The van der Waals surface area contributed by atoms with Gasteiger partial charge in [0.05, 0.1) is 10.8 Å². The third-order valence-electron chi connectivity index (χ3n) is 4.32. The Bertz CT molecular complexity index is 670. The van der Waals surface area contributed by atoms with Crippen LogP contribution in [-0.4, -0.2) is 49.8 Å². The van der Waals surface area contributed by atoms with Crippen LogP contribution in [0.3, 0.4) is 0 Å². The lowest BCUT2D eigenvalue weighted by atomic mass is 9.77. The van der Waals surface area contributed by atoms with E-state index in [0.717, 1.165) is 11.8 Å². The highest BCUT2D eigenvalue weighted by Gasteiger charge is 2.60. The third kappa shape index (κ3) is 3.87. The molecule has 25 heavy (non-hydrogen) atoms. The Balaban J connectivity index is 2.10. The van der Waals surface area contributed by atoms with Gasteiger partial charge in [-0.3, -0.25) is 14.4 Å². The largest absolute Gasteiger partial charge is 0.481 e. The molecule has 0 aromatic carbocycles. The first-order chi connectivity index (χ1) is 11.7. The average molecular weight is 368 g/mol. The molecule has 3 N–H and O–H groups in total. The lowest BCUT2D eigenvalue weighted by Gasteiger charge is -2.29. The summed E-state index contributed by atoms with van der Waals surface area (Å²) < 4.78 is 3.96. The van der Waals surface area contributed by atoms with Gasteiger partial charge in [0.15, 0.2) is 6.61 Å². The number of aliphatic carboxylic acids is 2. The van der Waals surface area contributed by atoms with E-state index in [1.807, 2.05) is 0 Å². The lowest BCUT2D eigenvalue weighted by Crippen LogP contribution is -2.48. The van der Waals surface area contributed by atoms with Crippen molar-refractivity contribution in [3.8, 4) is 5.88 Å². The minimum absolute atomic E-state index is 0.0715. The van der Waals surface area contributed by atoms with Crippen LogP contribution in [-0.2, 0) is 14.4 Å². The second-order valence-electron chi connectivity index (χ2n) is 6.05. The molecule has 0 radical (unpaired) electrons. The molecule has 1 aromatic rings. The summed E-state index contributed by atoms with van der Waals surface area (Å²) in [6.45, 7) is 2.81. The number of nitrogens with one attached hydrogen (secondary N) is 1. The molecule has 9 heteroatoms. The molecule has 2 rings (SSSR count). The Morgan fingerprint density at radius 2 is 2.08 bits per heavy atom. The molecular weight excluding hydrogens is 348 g/mol. The zero-order chi connectivity index (χ0) is 18.7. The maximum Gasteiger partial charge on any atom is 0.319 e. The fraction of sp³-hybridized carbons (Fsp3) is 0.500. The van der Waals surface area contributed by atoms with Crippen LogP contribution in [0.5, 0.6) is 5.88 Å². The fourth-order valence-corrected chi connectivity index (χ4v) is 4.54. The van der Waals surface area contributed by atoms with Crippen LogP contribution >= 0.6 is 11.8 Å². The van der Waals surface area contributed by atoms with Gasteiger partial charge in [-0.15, -0.1) is 11.8 Å². The van der Waals surface area contributed by atoms with E-state index in [0.29, 0.717) is 0 Å². The van der Waals surface area contributed by atoms with Gasteiger partial charge in [-0.1, -0.05) is 13.0 Å². The predicted molar refractivity (Wildman–Crippen MR) is 90.3 cm³/mol. The Kier molecular flexibility index (Phi) is 5.56. The molecule has 0 bridgehead atoms. The lowest BCUT2D eigenvalue weighted by molar-refractivity contribution is -0.151. The molecule has 2 heterocycles. The Morgan fingerprint density at radius 3 is 2.60 bits per heavy atom. The normalized spacial score (nSPS) is 28.3. The number of nitrogens with zero attached hydrogens (tertiary/aromatic N) is 1. The van der Waals surface area contributed by atoms with Crippen molar-refractivity contribution < 1.29 is 29.3 Å². The molecule has 1 fully saturated rings. The molecule has 1 amide bonds. The number of hydrogen-bond donors (Lipinski definition) is 3. The van der Waals surface area contributed by atoms with E-state index in [1.54, 1.807) is 25.1 Å². The summed E-state index contributed by atoms with van der Waals surface area (Å²) in [6, 6.07) is 5.00. The highest BCUT2D eigenvalue weighted by Crippen LogP contribution is 2.54. The van der Waals surface area contributed by atoms with Crippen molar-refractivity contribution in [1.29, 1.82) is 0 Å². The molecule has 0 spiro atoms. The summed E-state index contributed by atoms with van der Waals surface area (Å²) >= 11 is 0.947.